The van der Waals surface area contributed by atoms with Gasteiger partial charge >= 0.3 is 0 Å². The van der Waals surface area contributed by atoms with E-state index in [4.69, 9.17) is 4.74 Å². The highest BCUT2D eigenvalue weighted by Gasteiger charge is 2.19. The van der Waals surface area contributed by atoms with E-state index >= 15 is 0 Å². The van der Waals surface area contributed by atoms with Crippen molar-refractivity contribution in [3.63, 3.8) is 0 Å². The van der Waals surface area contributed by atoms with E-state index in [2.05, 4.69) is 63.9 Å². The van der Waals surface area contributed by atoms with Crippen LogP contribution in [-0.2, 0) is 6.42 Å². The zero-order valence-electron chi connectivity index (χ0n) is 20.6. The lowest BCUT2D eigenvalue weighted by Gasteiger charge is -2.20. The van der Waals surface area contributed by atoms with Crippen LogP contribution in [0, 0.1) is 28.6 Å². The van der Waals surface area contributed by atoms with E-state index in [1.807, 2.05) is 42.5 Å². The van der Waals surface area contributed by atoms with Gasteiger partial charge in [0.05, 0.1) is 38.0 Å². The number of benzene rings is 1. The number of thiophene rings is 2. The zero-order chi connectivity index (χ0) is 26.1. The summed E-state index contributed by atoms with van der Waals surface area (Å²) in [4.78, 5) is 1.99. The van der Waals surface area contributed by atoms with Crippen LogP contribution in [-0.4, -0.2) is 7.11 Å². The predicted octanol–water partition coefficient (Wildman–Crippen LogP) is 10.2. The first-order valence-corrected chi connectivity index (χ1v) is 15.1. The molecule has 3 nitrogen and oxygen atoms in total. The Morgan fingerprint density at radius 3 is 1.97 bits per heavy atom. The monoisotopic (exact) mass is 642 g/mol. The smallest absolute Gasteiger partial charge is 0.128 e. The second-order valence-corrected chi connectivity index (χ2v) is 13.4. The van der Waals surface area contributed by atoms with Gasteiger partial charge in [-0.15, -0.1) is 22.7 Å². The van der Waals surface area contributed by atoms with E-state index in [0.29, 0.717) is 22.8 Å². The maximum absolute atomic E-state index is 10.2. The minimum atomic E-state index is 0.503. The third-order valence-corrected chi connectivity index (χ3v) is 9.20. The first kappa shape index (κ1) is 28.4. The van der Waals surface area contributed by atoms with Crippen molar-refractivity contribution >= 4 is 77.8 Å². The van der Waals surface area contributed by atoms with Crippen molar-refractivity contribution in [2.24, 2.45) is 5.92 Å². The zero-order valence-corrected chi connectivity index (χ0v) is 25.4. The molecule has 2 aromatic heterocycles. The van der Waals surface area contributed by atoms with Crippen LogP contribution < -0.4 is 4.74 Å². The van der Waals surface area contributed by atoms with Gasteiger partial charge in [-0.05, 0) is 104 Å². The molecule has 0 amide bonds. The molecule has 0 saturated carbocycles. The first-order valence-electron chi connectivity index (χ1n) is 11.9. The van der Waals surface area contributed by atoms with Crippen LogP contribution in [0.1, 0.15) is 66.0 Å². The summed E-state index contributed by atoms with van der Waals surface area (Å²) in [6.07, 6.45) is 9.22. The molecule has 7 heteroatoms. The Balaban J connectivity index is 2.19. The molecule has 0 aliphatic rings. The largest absolute Gasteiger partial charge is 0.496 e. The van der Waals surface area contributed by atoms with E-state index in [1.54, 1.807) is 29.8 Å². The lowest BCUT2D eigenvalue weighted by atomic mass is 9.86. The van der Waals surface area contributed by atoms with Crippen molar-refractivity contribution in [3.05, 3.63) is 70.4 Å². The number of hydrogen-bond acceptors (Lipinski definition) is 5. The average Bonchev–Trinajstić information content (AvgIpc) is 3.50. The molecule has 0 fully saturated rings. The average molecular weight is 644 g/mol. The lowest BCUT2D eigenvalue weighted by Crippen LogP contribution is -2.07. The van der Waals surface area contributed by atoms with Crippen LogP contribution in [0.5, 0.6) is 5.75 Å². The molecule has 3 rings (SSSR count). The number of methoxy groups -OCH3 is 1. The Hall–Kier alpha value is -2.16. The molecule has 186 valence electrons. The summed E-state index contributed by atoms with van der Waals surface area (Å²) in [5.74, 6) is 1.09. The standard InChI is InChI=1S/C29H28Br2N2OS2/c1-4-6-7-19(5-2)12-20-15-26(22(18-33)14-24-9-11-29(31)36-24)27(34-3)16-25(20)21(17-32)13-23-8-10-28(30)35-23/h8-11,13-16,19H,4-7,12H2,1-3H3/b21-13+,22-14+. The molecule has 2 heterocycles. The molecule has 0 spiro atoms. The molecule has 36 heavy (non-hydrogen) atoms. The number of nitriles is 2. The summed E-state index contributed by atoms with van der Waals surface area (Å²) in [5.41, 5.74) is 3.84. The number of ether oxygens (including phenoxy) is 1. The third kappa shape index (κ3) is 7.43. The van der Waals surface area contributed by atoms with Gasteiger partial charge in [0.2, 0.25) is 0 Å². The van der Waals surface area contributed by atoms with Gasteiger partial charge in [0.15, 0.2) is 0 Å². The lowest BCUT2D eigenvalue weighted by molar-refractivity contribution is 0.412. The van der Waals surface area contributed by atoms with Gasteiger partial charge in [0.25, 0.3) is 0 Å². The van der Waals surface area contributed by atoms with Crippen molar-refractivity contribution in [3.8, 4) is 17.9 Å². The normalized spacial score (nSPS) is 12.8. The number of nitrogens with zero attached hydrogens (tertiary/aromatic N) is 2. The minimum absolute atomic E-state index is 0.503. The van der Waals surface area contributed by atoms with Crippen LogP contribution >= 0.6 is 54.5 Å². The van der Waals surface area contributed by atoms with Crippen molar-refractivity contribution in [1.29, 1.82) is 10.5 Å². The Morgan fingerprint density at radius 1 is 0.944 bits per heavy atom. The van der Waals surface area contributed by atoms with Gasteiger partial charge in [-0.25, -0.2) is 0 Å². The van der Waals surface area contributed by atoms with Gasteiger partial charge in [-0.2, -0.15) is 10.5 Å². The number of unbranched alkanes of at least 4 members (excludes halogenated alkanes) is 1. The molecule has 0 aliphatic carbocycles. The SMILES string of the molecule is CCCCC(CC)Cc1cc(/C(C#N)=C/c2ccc(Br)s2)c(OC)cc1/C(C#N)=C/c1ccc(Br)s1. The molecule has 0 bridgehead atoms. The molecule has 0 saturated heterocycles. The van der Waals surface area contributed by atoms with Gasteiger partial charge in [0.1, 0.15) is 5.75 Å². The van der Waals surface area contributed by atoms with Crippen LogP contribution in [0.4, 0.5) is 0 Å². The predicted molar refractivity (Wildman–Crippen MR) is 161 cm³/mol. The highest BCUT2D eigenvalue weighted by atomic mass is 79.9. The van der Waals surface area contributed by atoms with Gasteiger partial charge in [0, 0.05) is 15.3 Å². The highest BCUT2D eigenvalue weighted by Crippen LogP contribution is 2.37. The fourth-order valence-electron chi connectivity index (χ4n) is 4.11. The van der Waals surface area contributed by atoms with Gasteiger partial charge in [-0.3, -0.25) is 0 Å². The molecule has 1 unspecified atom stereocenters. The summed E-state index contributed by atoms with van der Waals surface area (Å²) in [7, 11) is 1.61. The quantitative estimate of drug-likeness (QED) is 0.195. The Labute approximate surface area is 239 Å². The summed E-state index contributed by atoms with van der Waals surface area (Å²) < 4.78 is 7.81. The Bertz CT molecular complexity index is 1340. The van der Waals surface area contributed by atoms with Crippen LogP contribution in [0.15, 0.2) is 44.0 Å². The summed E-state index contributed by atoms with van der Waals surface area (Å²) in [5, 5.41) is 20.2. The maximum atomic E-state index is 10.2. The van der Waals surface area contributed by atoms with Crippen LogP contribution in [0.2, 0.25) is 0 Å². The molecule has 0 radical (unpaired) electrons. The molecular formula is C29H28Br2N2OS2. The Kier molecular flexibility index (Phi) is 11.0. The second kappa shape index (κ2) is 14.0. The van der Waals surface area contributed by atoms with Crippen molar-refractivity contribution in [2.75, 3.05) is 7.11 Å². The summed E-state index contributed by atoms with van der Waals surface area (Å²) in [6.45, 7) is 4.44. The van der Waals surface area contributed by atoms with Crippen molar-refractivity contribution in [1.82, 2.24) is 0 Å². The fraction of sp³-hybridized carbons (Fsp3) is 0.310. The van der Waals surface area contributed by atoms with Crippen molar-refractivity contribution < 1.29 is 4.74 Å². The van der Waals surface area contributed by atoms with Gasteiger partial charge in [-0.1, -0.05) is 39.5 Å². The molecule has 3 aromatic rings. The molecule has 1 aromatic carbocycles. The minimum Gasteiger partial charge on any atom is -0.496 e. The molecule has 0 N–H and O–H groups in total. The molecular weight excluding hydrogens is 616 g/mol. The number of allylic oxidation sites excluding steroid dienone is 2. The maximum Gasteiger partial charge on any atom is 0.128 e. The van der Waals surface area contributed by atoms with Crippen molar-refractivity contribution in [2.45, 2.75) is 46.0 Å². The van der Waals surface area contributed by atoms with E-state index < -0.39 is 0 Å². The van der Waals surface area contributed by atoms with E-state index in [0.717, 1.165) is 59.7 Å². The highest BCUT2D eigenvalue weighted by molar-refractivity contribution is 9.11. The third-order valence-electron chi connectivity index (χ3n) is 6.06. The summed E-state index contributed by atoms with van der Waals surface area (Å²) in [6, 6.07) is 16.7. The van der Waals surface area contributed by atoms with E-state index in [-0.39, 0.29) is 0 Å². The fourth-order valence-corrected chi connectivity index (χ4v) is 6.85. The number of rotatable bonds is 11. The Morgan fingerprint density at radius 2 is 1.53 bits per heavy atom. The number of halogens is 2. The number of hydrogen-bond donors (Lipinski definition) is 0. The molecule has 0 aliphatic heterocycles. The molecule has 1 atom stereocenters. The summed E-state index contributed by atoms with van der Waals surface area (Å²) >= 11 is 10.2. The topological polar surface area (TPSA) is 56.8 Å². The van der Waals surface area contributed by atoms with Crippen LogP contribution in [0.25, 0.3) is 23.3 Å². The van der Waals surface area contributed by atoms with E-state index in [9.17, 15) is 10.5 Å². The second-order valence-electron chi connectivity index (χ2n) is 8.45. The van der Waals surface area contributed by atoms with Crippen LogP contribution in [0.3, 0.4) is 0 Å². The first-order chi connectivity index (χ1) is 17.4. The van der Waals surface area contributed by atoms with E-state index in [1.165, 1.54) is 6.42 Å². The van der Waals surface area contributed by atoms with Gasteiger partial charge < -0.3 is 4.74 Å².